The average Bonchev–Trinajstić information content (AvgIpc) is 2.94. The van der Waals surface area contributed by atoms with Crippen LogP contribution in [0.5, 0.6) is 0 Å². The number of aliphatic carboxylic acids is 1. The van der Waals surface area contributed by atoms with Crippen molar-refractivity contribution in [3.05, 3.63) is 71.1 Å². The third-order valence-corrected chi connectivity index (χ3v) is 4.49. The molecule has 1 N–H and O–H groups in total. The fraction of sp³-hybridized carbons (Fsp3) is 0.118. The van der Waals surface area contributed by atoms with Gasteiger partial charge in [-0.2, -0.15) is 0 Å². The molecule has 0 saturated carbocycles. The van der Waals surface area contributed by atoms with Crippen molar-refractivity contribution >= 4 is 27.4 Å². The van der Waals surface area contributed by atoms with Crippen molar-refractivity contribution in [1.29, 1.82) is 0 Å². The SMILES string of the molecule is O=C(O)C(Cc1cccc2ccsc12)c1ccccc1. The molecule has 1 heterocycles. The van der Waals surface area contributed by atoms with E-state index in [0.717, 1.165) is 11.1 Å². The Bertz CT molecular complexity index is 731. The molecule has 3 rings (SSSR count). The Labute approximate surface area is 121 Å². The van der Waals surface area contributed by atoms with Crippen LogP contribution in [0.4, 0.5) is 0 Å². The maximum atomic E-state index is 11.6. The van der Waals surface area contributed by atoms with Crippen molar-refractivity contribution in [3.8, 4) is 0 Å². The number of carboxylic acid groups (broad SMARTS) is 1. The number of rotatable bonds is 4. The smallest absolute Gasteiger partial charge is 0.311 e. The van der Waals surface area contributed by atoms with E-state index in [-0.39, 0.29) is 0 Å². The van der Waals surface area contributed by atoms with Crippen LogP contribution in [0.15, 0.2) is 60.0 Å². The van der Waals surface area contributed by atoms with Gasteiger partial charge in [-0.15, -0.1) is 11.3 Å². The van der Waals surface area contributed by atoms with Crippen molar-refractivity contribution < 1.29 is 9.90 Å². The molecule has 0 saturated heterocycles. The van der Waals surface area contributed by atoms with Gasteiger partial charge in [0.25, 0.3) is 0 Å². The molecule has 3 heteroatoms. The maximum absolute atomic E-state index is 11.6. The minimum atomic E-state index is -0.773. The molecule has 100 valence electrons. The summed E-state index contributed by atoms with van der Waals surface area (Å²) in [6.07, 6.45) is 0.525. The number of fused-ring (bicyclic) bond motifs is 1. The van der Waals surface area contributed by atoms with Gasteiger partial charge in [-0.25, -0.2) is 0 Å². The number of thiophene rings is 1. The van der Waals surface area contributed by atoms with Gasteiger partial charge in [0.1, 0.15) is 0 Å². The zero-order valence-electron chi connectivity index (χ0n) is 10.8. The van der Waals surface area contributed by atoms with E-state index >= 15 is 0 Å². The van der Waals surface area contributed by atoms with E-state index in [1.54, 1.807) is 11.3 Å². The molecule has 1 atom stereocenters. The van der Waals surface area contributed by atoms with Crippen LogP contribution in [0.1, 0.15) is 17.0 Å². The fourth-order valence-electron chi connectivity index (χ4n) is 2.47. The highest BCUT2D eigenvalue weighted by Gasteiger charge is 2.21. The van der Waals surface area contributed by atoms with Crippen molar-refractivity contribution in [1.82, 2.24) is 0 Å². The highest BCUT2D eigenvalue weighted by molar-refractivity contribution is 7.17. The quantitative estimate of drug-likeness (QED) is 0.774. The Morgan fingerprint density at radius 3 is 2.60 bits per heavy atom. The van der Waals surface area contributed by atoms with Gasteiger partial charge >= 0.3 is 5.97 Å². The van der Waals surface area contributed by atoms with Crippen LogP contribution in [-0.2, 0) is 11.2 Å². The van der Waals surface area contributed by atoms with Gasteiger partial charge in [-0.1, -0.05) is 48.5 Å². The number of benzene rings is 2. The van der Waals surface area contributed by atoms with Crippen molar-refractivity contribution in [2.75, 3.05) is 0 Å². The number of carbonyl (C=O) groups is 1. The Morgan fingerprint density at radius 1 is 1.05 bits per heavy atom. The van der Waals surface area contributed by atoms with Crippen LogP contribution < -0.4 is 0 Å². The van der Waals surface area contributed by atoms with E-state index in [4.69, 9.17) is 0 Å². The van der Waals surface area contributed by atoms with Crippen LogP contribution in [0, 0.1) is 0 Å². The van der Waals surface area contributed by atoms with E-state index in [2.05, 4.69) is 12.1 Å². The lowest BCUT2D eigenvalue weighted by Crippen LogP contribution is -2.14. The van der Waals surface area contributed by atoms with E-state index in [0.29, 0.717) is 6.42 Å². The Morgan fingerprint density at radius 2 is 1.85 bits per heavy atom. The lowest BCUT2D eigenvalue weighted by Gasteiger charge is -2.13. The molecule has 20 heavy (non-hydrogen) atoms. The summed E-state index contributed by atoms with van der Waals surface area (Å²) in [5, 5.41) is 12.7. The summed E-state index contributed by atoms with van der Waals surface area (Å²) in [5.41, 5.74) is 1.96. The third-order valence-electron chi connectivity index (χ3n) is 3.48. The van der Waals surface area contributed by atoms with Gasteiger partial charge in [-0.05, 0) is 34.4 Å². The molecule has 0 fully saturated rings. The lowest BCUT2D eigenvalue weighted by molar-refractivity contribution is -0.138. The van der Waals surface area contributed by atoms with Crippen molar-refractivity contribution in [2.45, 2.75) is 12.3 Å². The Balaban J connectivity index is 1.99. The number of hydrogen-bond donors (Lipinski definition) is 1. The Hall–Kier alpha value is -2.13. The second-order valence-corrected chi connectivity index (χ2v) is 5.68. The largest absolute Gasteiger partial charge is 0.481 e. The zero-order chi connectivity index (χ0) is 13.9. The molecule has 0 aliphatic rings. The maximum Gasteiger partial charge on any atom is 0.311 e. The molecule has 1 unspecified atom stereocenters. The van der Waals surface area contributed by atoms with Crippen molar-refractivity contribution in [3.63, 3.8) is 0 Å². The molecule has 0 bridgehead atoms. The van der Waals surface area contributed by atoms with Crippen LogP contribution in [0.25, 0.3) is 10.1 Å². The summed E-state index contributed by atoms with van der Waals surface area (Å²) in [6.45, 7) is 0. The normalized spacial score (nSPS) is 12.4. The predicted molar refractivity (Wildman–Crippen MR) is 82.3 cm³/mol. The number of hydrogen-bond acceptors (Lipinski definition) is 2. The first-order chi connectivity index (χ1) is 9.75. The lowest BCUT2D eigenvalue weighted by atomic mass is 9.92. The van der Waals surface area contributed by atoms with E-state index in [1.165, 1.54) is 10.1 Å². The second-order valence-electron chi connectivity index (χ2n) is 4.76. The van der Waals surface area contributed by atoms with Crippen LogP contribution in [0.3, 0.4) is 0 Å². The summed E-state index contributed by atoms with van der Waals surface area (Å²) in [4.78, 5) is 11.6. The van der Waals surface area contributed by atoms with Gasteiger partial charge in [-0.3, -0.25) is 4.79 Å². The monoisotopic (exact) mass is 282 g/mol. The molecule has 0 spiro atoms. The van der Waals surface area contributed by atoms with Crippen LogP contribution in [0.2, 0.25) is 0 Å². The summed E-state index contributed by atoms with van der Waals surface area (Å²) < 4.78 is 1.19. The van der Waals surface area contributed by atoms with Crippen LogP contribution >= 0.6 is 11.3 Å². The van der Waals surface area contributed by atoms with Crippen molar-refractivity contribution in [2.24, 2.45) is 0 Å². The van der Waals surface area contributed by atoms with Gasteiger partial charge < -0.3 is 5.11 Å². The molecule has 0 radical (unpaired) electrons. The first-order valence-electron chi connectivity index (χ1n) is 6.48. The molecule has 0 aliphatic heterocycles. The minimum Gasteiger partial charge on any atom is -0.481 e. The summed E-state index contributed by atoms with van der Waals surface area (Å²) in [6, 6.07) is 17.6. The molecule has 0 amide bonds. The molecule has 0 aliphatic carbocycles. The topological polar surface area (TPSA) is 37.3 Å². The summed E-state index contributed by atoms with van der Waals surface area (Å²) >= 11 is 1.67. The summed E-state index contributed by atoms with van der Waals surface area (Å²) in [5.74, 6) is -1.27. The number of carboxylic acids is 1. The fourth-order valence-corrected chi connectivity index (χ4v) is 3.39. The first-order valence-corrected chi connectivity index (χ1v) is 7.36. The second kappa shape index (κ2) is 5.47. The molecule has 2 nitrogen and oxygen atoms in total. The van der Waals surface area contributed by atoms with E-state index in [9.17, 15) is 9.90 Å². The van der Waals surface area contributed by atoms with E-state index in [1.807, 2.05) is 47.8 Å². The molecule has 3 aromatic rings. The van der Waals surface area contributed by atoms with Gasteiger partial charge in [0.2, 0.25) is 0 Å². The van der Waals surface area contributed by atoms with Gasteiger partial charge in [0.15, 0.2) is 0 Å². The zero-order valence-corrected chi connectivity index (χ0v) is 11.6. The van der Waals surface area contributed by atoms with Gasteiger partial charge in [0, 0.05) is 4.70 Å². The van der Waals surface area contributed by atoms with Gasteiger partial charge in [0.05, 0.1) is 5.92 Å². The Kier molecular flexibility index (Phi) is 3.52. The molecule has 1 aromatic heterocycles. The predicted octanol–water partition coefficient (Wildman–Crippen LogP) is 4.31. The highest BCUT2D eigenvalue weighted by Crippen LogP contribution is 2.29. The average molecular weight is 282 g/mol. The highest BCUT2D eigenvalue weighted by atomic mass is 32.1. The standard InChI is InChI=1S/C17H14O2S/c18-17(19)15(12-5-2-1-3-6-12)11-14-8-4-7-13-9-10-20-16(13)14/h1-10,15H,11H2,(H,18,19). The molecular weight excluding hydrogens is 268 g/mol. The van der Waals surface area contributed by atoms with E-state index < -0.39 is 11.9 Å². The molecular formula is C17H14O2S. The van der Waals surface area contributed by atoms with Crippen LogP contribution in [-0.4, -0.2) is 11.1 Å². The molecule has 2 aromatic carbocycles. The minimum absolute atomic E-state index is 0.496. The third kappa shape index (κ3) is 2.45. The summed E-state index contributed by atoms with van der Waals surface area (Å²) in [7, 11) is 0. The first kappa shape index (κ1) is 12.9.